The third-order valence-electron chi connectivity index (χ3n) is 4.22. The maximum atomic E-state index is 13.3. The van der Waals surface area contributed by atoms with Crippen LogP contribution in [0.25, 0.3) is 11.3 Å². The number of carbonyl (C=O) groups excluding carboxylic acids is 1. The number of aromatic nitrogens is 4. The standard InChI is InChI=1S/C19H20FN5O2/c1-24(19(27)16-8-9-18(26)25(2)23-16)10-4-7-15-12-17(22-21-15)13-5-3-6-14(20)11-13/h3,5-6,8-9,11-12H,4,7,10H2,1-2H3,(H,21,22). The van der Waals surface area contributed by atoms with Crippen molar-refractivity contribution in [1.82, 2.24) is 24.9 Å². The molecule has 1 aromatic carbocycles. The smallest absolute Gasteiger partial charge is 0.274 e. The predicted octanol–water partition coefficient (Wildman–Crippen LogP) is 2.01. The van der Waals surface area contributed by atoms with Crippen molar-refractivity contribution in [2.75, 3.05) is 13.6 Å². The molecule has 0 atom stereocenters. The zero-order valence-electron chi connectivity index (χ0n) is 15.1. The molecule has 7 nitrogen and oxygen atoms in total. The number of nitrogens with zero attached hydrogens (tertiary/aromatic N) is 4. The molecular weight excluding hydrogens is 349 g/mol. The first-order valence-corrected chi connectivity index (χ1v) is 8.54. The van der Waals surface area contributed by atoms with Crippen LogP contribution in [0.3, 0.4) is 0 Å². The molecule has 0 aliphatic heterocycles. The number of hydrogen-bond donors (Lipinski definition) is 1. The normalized spacial score (nSPS) is 10.8. The molecule has 0 bridgehead atoms. The van der Waals surface area contributed by atoms with Gasteiger partial charge in [-0.1, -0.05) is 12.1 Å². The number of amides is 1. The van der Waals surface area contributed by atoms with Crippen molar-refractivity contribution in [3.05, 3.63) is 70.0 Å². The van der Waals surface area contributed by atoms with Gasteiger partial charge in [-0.15, -0.1) is 0 Å². The number of aryl methyl sites for hydroxylation is 2. The van der Waals surface area contributed by atoms with Crippen molar-refractivity contribution in [3.63, 3.8) is 0 Å². The van der Waals surface area contributed by atoms with Gasteiger partial charge in [0, 0.05) is 38.0 Å². The number of aromatic amines is 1. The van der Waals surface area contributed by atoms with Crippen LogP contribution in [-0.2, 0) is 13.5 Å². The van der Waals surface area contributed by atoms with Crippen LogP contribution in [0, 0.1) is 5.82 Å². The molecular formula is C19H20FN5O2. The minimum absolute atomic E-state index is 0.231. The Morgan fingerprint density at radius 3 is 2.81 bits per heavy atom. The van der Waals surface area contributed by atoms with Gasteiger partial charge in [0.15, 0.2) is 0 Å². The molecule has 0 radical (unpaired) electrons. The molecule has 1 N–H and O–H groups in total. The van der Waals surface area contributed by atoms with Crippen LogP contribution in [0.15, 0.2) is 47.3 Å². The van der Waals surface area contributed by atoms with Gasteiger partial charge in [0.25, 0.3) is 11.5 Å². The summed E-state index contributed by atoms with van der Waals surface area (Å²) < 4.78 is 14.5. The summed E-state index contributed by atoms with van der Waals surface area (Å²) in [7, 11) is 3.20. The maximum Gasteiger partial charge on any atom is 0.274 e. The van der Waals surface area contributed by atoms with E-state index in [-0.39, 0.29) is 23.0 Å². The minimum Gasteiger partial charge on any atom is -0.340 e. The fraction of sp³-hybridized carbons (Fsp3) is 0.263. The Labute approximate surface area is 155 Å². The molecule has 0 aliphatic rings. The molecule has 1 amide bonds. The Bertz CT molecular complexity index is 1010. The highest BCUT2D eigenvalue weighted by Crippen LogP contribution is 2.19. The highest BCUT2D eigenvalue weighted by atomic mass is 19.1. The Morgan fingerprint density at radius 1 is 1.26 bits per heavy atom. The van der Waals surface area contributed by atoms with Crippen molar-refractivity contribution in [2.45, 2.75) is 12.8 Å². The van der Waals surface area contributed by atoms with Crippen molar-refractivity contribution in [3.8, 4) is 11.3 Å². The van der Waals surface area contributed by atoms with Gasteiger partial charge in [0.2, 0.25) is 0 Å². The fourth-order valence-electron chi connectivity index (χ4n) is 2.71. The van der Waals surface area contributed by atoms with Gasteiger partial charge in [-0.25, -0.2) is 9.07 Å². The summed E-state index contributed by atoms with van der Waals surface area (Å²) in [5.74, 6) is -0.542. The zero-order valence-corrected chi connectivity index (χ0v) is 15.1. The highest BCUT2D eigenvalue weighted by Gasteiger charge is 2.14. The number of halogens is 1. The van der Waals surface area contributed by atoms with Gasteiger partial charge < -0.3 is 4.90 Å². The first-order valence-electron chi connectivity index (χ1n) is 8.54. The first kappa shape index (κ1) is 18.5. The first-order chi connectivity index (χ1) is 12.9. The summed E-state index contributed by atoms with van der Waals surface area (Å²) in [6, 6.07) is 10.9. The summed E-state index contributed by atoms with van der Waals surface area (Å²) in [6.07, 6.45) is 1.42. The number of carbonyl (C=O) groups is 1. The lowest BCUT2D eigenvalue weighted by atomic mass is 10.1. The van der Waals surface area contributed by atoms with E-state index in [9.17, 15) is 14.0 Å². The fourth-order valence-corrected chi connectivity index (χ4v) is 2.71. The molecule has 0 saturated heterocycles. The number of hydrogen-bond acceptors (Lipinski definition) is 4. The van der Waals surface area contributed by atoms with Crippen LogP contribution < -0.4 is 5.56 Å². The summed E-state index contributed by atoms with van der Waals surface area (Å²) in [4.78, 5) is 25.3. The van der Waals surface area contributed by atoms with E-state index in [2.05, 4.69) is 15.3 Å². The van der Waals surface area contributed by atoms with E-state index in [4.69, 9.17) is 0 Å². The van der Waals surface area contributed by atoms with Gasteiger partial charge in [0.05, 0.1) is 5.69 Å². The second-order valence-electron chi connectivity index (χ2n) is 6.30. The molecule has 2 heterocycles. The molecule has 0 saturated carbocycles. The van der Waals surface area contributed by atoms with Crippen LogP contribution in [0.1, 0.15) is 22.6 Å². The van der Waals surface area contributed by atoms with Crippen LogP contribution in [-0.4, -0.2) is 44.4 Å². The van der Waals surface area contributed by atoms with E-state index in [0.717, 1.165) is 16.8 Å². The van der Waals surface area contributed by atoms with E-state index in [1.165, 1.54) is 31.3 Å². The zero-order chi connectivity index (χ0) is 19.4. The second kappa shape index (κ2) is 7.94. The van der Waals surface area contributed by atoms with Crippen LogP contribution in [0.2, 0.25) is 0 Å². The van der Waals surface area contributed by atoms with Gasteiger partial charge in [-0.05, 0) is 37.1 Å². The molecule has 0 unspecified atom stereocenters. The van der Waals surface area contributed by atoms with Gasteiger partial charge in [0.1, 0.15) is 11.5 Å². The quantitative estimate of drug-likeness (QED) is 0.720. The number of H-pyrrole nitrogens is 1. The van der Waals surface area contributed by atoms with Gasteiger partial charge in [-0.3, -0.25) is 14.7 Å². The Hall–Kier alpha value is -3.29. The SMILES string of the molecule is CN(CCCc1cc(-c2cccc(F)c2)n[nH]1)C(=O)c1ccc(=O)n(C)n1. The second-order valence-corrected chi connectivity index (χ2v) is 6.30. The highest BCUT2D eigenvalue weighted by molar-refractivity contribution is 5.91. The van der Waals surface area contributed by atoms with Crippen LogP contribution in [0.5, 0.6) is 0 Å². The minimum atomic E-state index is -0.302. The predicted molar refractivity (Wildman–Crippen MR) is 98.7 cm³/mol. The van der Waals surface area contributed by atoms with Crippen molar-refractivity contribution in [1.29, 1.82) is 0 Å². The summed E-state index contributed by atoms with van der Waals surface area (Å²) >= 11 is 0. The molecule has 27 heavy (non-hydrogen) atoms. The lowest BCUT2D eigenvalue weighted by Crippen LogP contribution is -2.31. The molecule has 0 fully saturated rings. The van der Waals surface area contributed by atoms with Crippen molar-refractivity contribution in [2.24, 2.45) is 7.05 Å². The molecule has 2 aromatic heterocycles. The third kappa shape index (κ3) is 4.46. The van der Waals surface area contributed by atoms with Crippen molar-refractivity contribution >= 4 is 5.91 Å². The lowest BCUT2D eigenvalue weighted by Gasteiger charge is -2.16. The third-order valence-corrected chi connectivity index (χ3v) is 4.22. The average molecular weight is 369 g/mol. The maximum absolute atomic E-state index is 13.3. The molecule has 0 aliphatic carbocycles. The van der Waals surface area contributed by atoms with Gasteiger partial charge in [-0.2, -0.15) is 10.2 Å². The summed E-state index contributed by atoms with van der Waals surface area (Å²) in [6.45, 7) is 0.525. The largest absolute Gasteiger partial charge is 0.340 e. The number of nitrogens with one attached hydrogen (secondary N) is 1. The van der Waals surface area contributed by atoms with Crippen LogP contribution in [0.4, 0.5) is 4.39 Å². The van der Waals surface area contributed by atoms with Gasteiger partial charge >= 0.3 is 0 Å². The topological polar surface area (TPSA) is 83.9 Å². The Balaban J connectivity index is 1.55. The van der Waals surface area contributed by atoms with E-state index < -0.39 is 0 Å². The van der Waals surface area contributed by atoms with E-state index in [0.29, 0.717) is 24.2 Å². The number of rotatable bonds is 6. The molecule has 0 spiro atoms. The van der Waals surface area contributed by atoms with E-state index in [1.54, 1.807) is 24.1 Å². The summed E-state index contributed by atoms with van der Waals surface area (Å²) in [5.41, 5.74) is 2.28. The van der Waals surface area contributed by atoms with Crippen LogP contribution >= 0.6 is 0 Å². The molecule has 8 heteroatoms. The molecule has 140 valence electrons. The Morgan fingerprint density at radius 2 is 2.07 bits per heavy atom. The van der Waals surface area contributed by atoms with E-state index in [1.807, 2.05) is 6.07 Å². The van der Waals surface area contributed by atoms with Crippen molar-refractivity contribution < 1.29 is 9.18 Å². The number of benzene rings is 1. The molecule has 3 aromatic rings. The van der Waals surface area contributed by atoms with E-state index >= 15 is 0 Å². The summed E-state index contributed by atoms with van der Waals surface area (Å²) in [5, 5.41) is 11.1. The lowest BCUT2D eigenvalue weighted by molar-refractivity contribution is 0.0785. The Kier molecular flexibility index (Phi) is 5.44. The molecule has 3 rings (SSSR count). The average Bonchev–Trinajstić information content (AvgIpc) is 3.12. The monoisotopic (exact) mass is 369 g/mol.